The average Bonchev–Trinajstić information content (AvgIpc) is 2.87. The smallest absolute Gasteiger partial charge is 0.0251 e. The number of hydrogen-bond donors (Lipinski definition) is 0. The second kappa shape index (κ2) is 3.38. The van der Waals surface area contributed by atoms with Crippen LogP contribution in [0.15, 0.2) is 0 Å². The summed E-state index contributed by atoms with van der Waals surface area (Å²) in [6, 6.07) is 0.976. The summed E-state index contributed by atoms with van der Waals surface area (Å²) >= 11 is 5.97. The number of halogens is 1. The summed E-state index contributed by atoms with van der Waals surface area (Å²) < 4.78 is 0. The van der Waals surface area contributed by atoms with Crippen LogP contribution < -0.4 is 0 Å². The van der Waals surface area contributed by atoms with E-state index in [1.54, 1.807) is 0 Å². The molecule has 2 heteroatoms. The topological polar surface area (TPSA) is 3.24 Å². The van der Waals surface area contributed by atoms with Crippen LogP contribution in [-0.2, 0) is 0 Å². The molecule has 0 amide bonds. The summed E-state index contributed by atoms with van der Waals surface area (Å²) in [4.78, 5) is 2.75. The first kappa shape index (κ1) is 9.47. The van der Waals surface area contributed by atoms with Crippen molar-refractivity contribution >= 4 is 11.6 Å². The summed E-state index contributed by atoms with van der Waals surface area (Å²) in [5, 5.41) is 0. The van der Waals surface area contributed by atoms with Crippen LogP contribution in [0.1, 0.15) is 38.5 Å². The van der Waals surface area contributed by atoms with Crippen molar-refractivity contribution in [1.82, 2.24) is 4.90 Å². The van der Waals surface area contributed by atoms with Crippen molar-refractivity contribution in [3.8, 4) is 0 Å². The van der Waals surface area contributed by atoms with E-state index in [4.69, 9.17) is 11.6 Å². The molecular formula is C12H20ClN. The zero-order valence-corrected chi connectivity index (χ0v) is 9.60. The third kappa shape index (κ3) is 1.59. The van der Waals surface area contributed by atoms with Gasteiger partial charge in [-0.2, -0.15) is 0 Å². The first-order chi connectivity index (χ1) is 6.81. The van der Waals surface area contributed by atoms with Crippen LogP contribution in [0, 0.1) is 11.3 Å². The van der Waals surface area contributed by atoms with E-state index in [-0.39, 0.29) is 0 Å². The van der Waals surface area contributed by atoms with E-state index in [0.717, 1.165) is 17.8 Å². The van der Waals surface area contributed by atoms with E-state index >= 15 is 0 Å². The van der Waals surface area contributed by atoms with Gasteiger partial charge in [0, 0.05) is 18.5 Å². The van der Waals surface area contributed by atoms with E-state index in [1.807, 2.05) is 0 Å². The van der Waals surface area contributed by atoms with Crippen LogP contribution in [0.4, 0.5) is 0 Å². The Morgan fingerprint density at radius 1 is 1.21 bits per heavy atom. The quantitative estimate of drug-likeness (QED) is 0.638. The number of rotatable bonds is 2. The Labute approximate surface area is 91.8 Å². The lowest BCUT2D eigenvalue weighted by Crippen LogP contribution is -2.27. The molecule has 0 radical (unpaired) electrons. The molecule has 2 unspecified atom stereocenters. The van der Waals surface area contributed by atoms with Gasteiger partial charge in [0.15, 0.2) is 0 Å². The molecule has 1 saturated heterocycles. The van der Waals surface area contributed by atoms with Crippen molar-refractivity contribution in [1.29, 1.82) is 0 Å². The lowest BCUT2D eigenvalue weighted by atomic mass is 9.85. The molecular weight excluding hydrogens is 194 g/mol. The molecule has 3 rings (SSSR count). The molecule has 0 aromatic carbocycles. The largest absolute Gasteiger partial charge is 0.300 e. The van der Waals surface area contributed by atoms with Crippen LogP contribution >= 0.6 is 11.6 Å². The summed E-state index contributed by atoms with van der Waals surface area (Å²) in [6.07, 6.45) is 8.65. The molecule has 3 fully saturated rings. The zero-order valence-electron chi connectivity index (χ0n) is 8.84. The normalized spacial score (nSPS) is 43.9. The Bertz CT molecular complexity index is 226. The van der Waals surface area contributed by atoms with Gasteiger partial charge in [0.2, 0.25) is 0 Å². The predicted molar refractivity (Wildman–Crippen MR) is 59.7 cm³/mol. The van der Waals surface area contributed by atoms with Crippen molar-refractivity contribution < 1.29 is 0 Å². The second-order valence-corrected chi connectivity index (χ2v) is 6.02. The van der Waals surface area contributed by atoms with Crippen molar-refractivity contribution in [3.05, 3.63) is 0 Å². The SMILES string of the molecule is ClCC1CCC2(CCN(C3CC3)C2)C1. The number of nitrogens with zero attached hydrogens (tertiary/aromatic N) is 1. The Balaban J connectivity index is 1.63. The molecule has 0 bridgehead atoms. The van der Waals surface area contributed by atoms with Gasteiger partial charge in [-0.05, 0) is 56.4 Å². The summed E-state index contributed by atoms with van der Waals surface area (Å²) in [5.74, 6) is 1.72. The maximum atomic E-state index is 5.97. The molecule has 2 atom stereocenters. The highest BCUT2D eigenvalue weighted by Crippen LogP contribution is 2.50. The molecule has 2 aliphatic carbocycles. The first-order valence-corrected chi connectivity index (χ1v) is 6.65. The number of alkyl halides is 1. The second-order valence-electron chi connectivity index (χ2n) is 5.71. The molecule has 0 aromatic heterocycles. The molecule has 2 saturated carbocycles. The van der Waals surface area contributed by atoms with Gasteiger partial charge in [0.05, 0.1) is 0 Å². The molecule has 0 N–H and O–H groups in total. The summed E-state index contributed by atoms with van der Waals surface area (Å²) in [7, 11) is 0. The summed E-state index contributed by atoms with van der Waals surface area (Å²) in [5.41, 5.74) is 0.697. The maximum Gasteiger partial charge on any atom is 0.0251 e. The van der Waals surface area contributed by atoms with Crippen molar-refractivity contribution in [2.75, 3.05) is 19.0 Å². The van der Waals surface area contributed by atoms with E-state index < -0.39 is 0 Å². The van der Waals surface area contributed by atoms with Gasteiger partial charge in [-0.25, -0.2) is 0 Å². The highest BCUT2D eigenvalue weighted by atomic mass is 35.5. The van der Waals surface area contributed by atoms with Crippen LogP contribution in [0.5, 0.6) is 0 Å². The van der Waals surface area contributed by atoms with Crippen molar-refractivity contribution in [3.63, 3.8) is 0 Å². The minimum atomic E-state index is 0.697. The molecule has 14 heavy (non-hydrogen) atoms. The van der Waals surface area contributed by atoms with E-state index in [2.05, 4.69) is 4.90 Å². The molecule has 80 valence electrons. The molecule has 1 heterocycles. The van der Waals surface area contributed by atoms with Gasteiger partial charge < -0.3 is 0 Å². The van der Waals surface area contributed by atoms with Crippen molar-refractivity contribution in [2.45, 2.75) is 44.6 Å². The lowest BCUT2D eigenvalue weighted by Gasteiger charge is -2.24. The van der Waals surface area contributed by atoms with Crippen LogP contribution in [0.25, 0.3) is 0 Å². The van der Waals surface area contributed by atoms with E-state index in [1.165, 1.54) is 51.6 Å². The Morgan fingerprint density at radius 3 is 2.71 bits per heavy atom. The lowest BCUT2D eigenvalue weighted by molar-refractivity contribution is 0.250. The fourth-order valence-corrected chi connectivity index (χ4v) is 3.81. The van der Waals surface area contributed by atoms with Crippen LogP contribution in [0.3, 0.4) is 0 Å². The predicted octanol–water partition coefficient (Wildman–Crippen LogP) is 2.88. The van der Waals surface area contributed by atoms with Gasteiger partial charge in [-0.15, -0.1) is 11.6 Å². The third-order valence-electron chi connectivity index (χ3n) is 4.55. The van der Waals surface area contributed by atoms with Gasteiger partial charge in [-0.3, -0.25) is 4.90 Å². The molecule has 1 nitrogen and oxygen atoms in total. The van der Waals surface area contributed by atoms with Gasteiger partial charge in [0.1, 0.15) is 0 Å². The Kier molecular flexibility index (Phi) is 2.29. The first-order valence-electron chi connectivity index (χ1n) is 6.11. The highest BCUT2D eigenvalue weighted by Gasteiger charge is 2.46. The standard InChI is InChI=1S/C12H20ClN/c13-8-10-3-4-12(7-10)5-6-14(9-12)11-1-2-11/h10-11H,1-9H2. The van der Waals surface area contributed by atoms with Crippen molar-refractivity contribution in [2.24, 2.45) is 11.3 Å². The number of likely N-dealkylation sites (tertiary alicyclic amines) is 1. The van der Waals surface area contributed by atoms with Gasteiger partial charge >= 0.3 is 0 Å². The minimum Gasteiger partial charge on any atom is -0.300 e. The highest BCUT2D eigenvalue weighted by molar-refractivity contribution is 6.18. The summed E-state index contributed by atoms with van der Waals surface area (Å²) in [6.45, 7) is 2.77. The van der Waals surface area contributed by atoms with E-state index in [9.17, 15) is 0 Å². The molecule has 1 spiro atoms. The maximum absolute atomic E-state index is 5.97. The Morgan fingerprint density at radius 2 is 2.07 bits per heavy atom. The van der Waals surface area contributed by atoms with Crippen LogP contribution in [-0.4, -0.2) is 29.9 Å². The monoisotopic (exact) mass is 213 g/mol. The van der Waals surface area contributed by atoms with Crippen LogP contribution in [0.2, 0.25) is 0 Å². The van der Waals surface area contributed by atoms with E-state index in [0.29, 0.717) is 5.41 Å². The average molecular weight is 214 g/mol. The van der Waals surface area contributed by atoms with Gasteiger partial charge in [-0.1, -0.05) is 0 Å². The Hall–Kier alpha value is 0.250. The zero-order chi connectivity index (χ0) is 9.60. The fourth-order valence-electron chi connectivity index (χ4n) is 3.55. The molecule has 3 aliphatic rings. The third-order valence-corrected chi connectivity index (χ3v) is 4.99. The fraction of sp³-hybridized carbons (Fsp3) is 1.00. The molecule has 0 aromatic rings. The van der Waals surface area contributed by atoms with Gasteiger partial charge in [0.25, 0.3) is 0 Å². The number of hydrogen-bond acceptors (Lipinski definition) is 1. The minimum absolute atomic E-state index is 0.697. The molecule has 1 aliphatic heterocycles.